The van der Waals surface area contributed by atoms with Crippen molar-refractivity contribution < 1.29 is 17.6 Å². The summed E-state index contributed by atoms with van der Waals surface area (Å²) in [6.45, 7) is 1.82. The van der Waals surface area contributed by atoms with Crippen LogP contribution < -0.4 is 0 Å². The van der Waals surface area contributed by atoms with E-state index >= 15 is 0 Å². The second-order valence-electron chi connectivity index (χ2n) is 2.06. The molecule has 5 heteroatoms. The van der Waals surface area contributed by atoms with E-state index in [1.54, 1.807) is 0 Å². The number of unbranched alkanes of at least 4 members (excludes halogenated alkanes) is 1. The molecule has 0 aromatic carbocycles. The normalized spacial score (nSPS) is 12.5. The Bertz CT molecular complexity index is 105. The number of thioether (sulfide) groups is 1. The summed E-state index contributed by atoms with van der Waals surface area (Å²) in [5.41, 5.74) is 0. The predicted octanol–water partition coefficient (Wildman–Crippen LogP) is 3.38. The zero-order chi connectivity index (χ0) is 8.91. The highest BCUT2D eigenvalue weighted by Gasteiger charge is 2.40. The zero-order valence-corrected chi connectivity index (χ0v) is 6.94. The van der Waals surface area contributed by atoms with Gasteiger partial charge in [0, 0.05) is 0 Å². The molecule has 0 N–H and O–H groups in total. The highest BCUT2D eigenvalue weighted by molar-refractivity contribution is 8.00. The van der Waals surface area contributed by atoms with Crippen LogP contribution in [-0.4, -0.2) is 17.4 Å². The van der Waals surface area contributed by atoms with Gasteiger partial charge in [-0.1, -0.05) is 25.1 Å². The Morgan fingerprint density at radius 2 is 1.91 bits per heavy atom. The van der Waals surface area contributed by atoms with Crippen LogP contribution in [0.25, 0.3) is 0 Å². The maximum atomic E-state index is 12.1. The van der Waals surface area contributed by atoms with Gasteiger partial charge in [-0.05, 0) is 12.2 Å². The molecule has 0 saturated heterocycles. The van der Waals surface area contributed by atoms with Gasteiger partial charge in [0.15, 0.2) is 0 Å². The molecule has 0 spiro atoms. The third-order valence-corrected chi connectivity index (χ3v) is 2.10. The van der Waals surface area contributed by atoms with Crippen LogP contribution in [-0.2, 0) is 0 Å². The van der Waals surface area contributed by atoms with Gasteiger partial charge in [-0.15, -0.1) is 0 Å². The minimum absolute atomic E-state index is 0.0281. The lowest BCUT2D eigenvalue weighted by Gasteiger charge is -2.13. The van der Waals surface area contributed by atoms with Crippen molar-refractivity contribution >= 4 is 11.8 Å². The summed E-state index contributed by atoms with van der Waals surface area (Å²) in [4.78, 5) is 0. The molecule has 0 bridgehead atoms. The molecule has 0 rings (SSSR count). The summed E-state index contributed by atoms with van der Waals surface area (Å²) < 4.78 is 47.1. The summed E-state index contributed by atoms with van der Waals surface area (Å²) in [6, 6.07) is 0. The van der Waals surface area contributed by atoms with Gasteiger partial charge in [0.2, 0.25) is 0 Å². The quantitative estimate of drug-likeness (QED) is 0.473. The van der Waals surface area contributed by atoms with Crippen LogP contribution in [0.4, 0.5) is 17.6 Å². The first-order valence-corrected chi connectivity index (χ1v) is 4.29. The summed E-state index contributed by atoms with van der Waals surface area (Å²) in [5, 5.41) is -3.87. The van der Waals surface area contributed by atoms with Gasteiger partial charge in [-0.2, -0.15) is 8.78 Å². The minimum atomic E-state index is -3.87. The van der Waals surface area contributed by atoms with Crippen molar-refractivity contribution in [2.75, 3.05) is 5.75 Å². The topological polar surface area (TPSA) is 0 Å². The van der Waals surface area contributed by atoms with E-state index in [0.717, 1.165) is 6.42 Å². The Balaban J connectivity index is 3.55. The van der Waals surface area contributed by atoms with E-state index in [1.807, 2.05) is 6.92 Å². The van der Waals surface area contributed by atoms with Crippen LogP contribution in [0.3, 0.4) is 0 Å². The van der Waals surface area contributed by atoms with Gasteiger partial charge >= 0.3 is 11.7 Å². The maximum absolute atomic E-state index is 12.1. The molecule has 0 atom stereocenters. The predicted molar refractivity (Wildman–Crippen MR) is 38.3 cm³/mol. The molecule has 68 valence electrons. The van der Waals surface area contributed by atoms with Crippen LogP contribution in [0.15, 0.2) is 0 Å². The van der Waals surface area contributed by atoms with Crippen molar-refractivity contribution in [2.45, 2.75) is 31.4 Å². The number of alkyl halides is 4. The molecule has 0 unspecified atom stereocenters. The molecule has 0 heterocycles. The molecule has 0 amide bonds. The fraction of sp³-hybridized carbons (Fsp3) is 1.00. The van der Waals surface area contributed by atoms with Crippen LogP contribution in [0.5, 0.6) is 0 Å². The van der Waals surface area contributed by atoms with Gasteiger partial charge in [0.05, 0.1) is 0 Å². The average molecular weight is 190 g/mol. The molecule has 0 aliphatic rings. The first-order chi connectivity index (χ1) is 5.00. The van der Waals surface area contributed by atoms with E-state index in [9.17, 15) is 17.6 Å². The van der Waals surface area contributed by atoms with Crippen molar-refractivity contribution in [3.63, 3.8) is 0 Å². The highest BCUT2D eigenvalue weighted by atomic mass is 32.2. The second-order valence-corrected chi connectivity index (χ2v) is 3.31. The van der Waals surface area contributed by atoms with Gasteiger partial charge < -0.3 is 0 Å². The first kappa shape index (κ1) is 11.1. The summed E-state index contributed by atoms with van der Waals surface area (Å²) in [5.74, 6) is 0.0911. The summed E-state index contributed by atoms with van der Waals surface area (Å²) >= 11 is 0.0281. The van der Waals surface area contributed by atoms with Crippen molar-refractivity contribution in [3.05, 3.63) is 0 Å². The maximum Gasteiger partial charge on any atom is 0.353 e. The number of rotatable bonds is 5. The SMILES string of the molecule is CCCCSC(F)(F)C(F)F. The largest absolute Gasteiger partial charge is 0.353 e. The number of halogens is 4. The van der Waals surface area contributed by atoms with Gasteiger partial charge in [-0.3, -0.25) is 0 Å². The fourth-order valence-corrected chi connectivity index (χ4v) is 1.25. The molecule has 0 fully saturated rings. The highest BCUT2D eigenvalue weighted by Crippen LogP contribution is 2.35. The van der Waals surface area contributed by atoms with Crippen molar-refractivity contribution in [1.29, 1.82) is 0 Å². The van der Waals surface area contributed by atoms with E-state index in [-0.39, 0.29) is 17.5 Å². The van der Waals surface area contributed by atoms with Crippen LogP contribution in [0.1, 0.15) is 19.8 Å². The van der Waals surface area contributed by atoms with Crippen molar-refractivity contribution in [2.24, 2.45) is 0 Å². The van der Waals surface area contributed by atoms with Crippen LogP contribution in [0, 0.1) is 0 Å². The van der Waals surface area contributed by atoms with E-state index < -0.39 is 11.7 Å². The molecule has 0 radical (unpaired) electrons. The monoisotopic (exact) mass is 190 g/mol. The van der Waals surface area contributed by atoms with Crippen LogP contribution in [0.2, 0.25) is 0 Å². The lowest BCUT2D eigenvalue weighted by molar-refractivity contribution is -0.0563. The third kappa shape index (κ3) is 4.50. The Morgan fingerprint density at radius 1 is 1.36 bits per heavy atom. The molecular formula is C6H10F4S. The lowest BCUT2D eigenvalue weighted by atomic mass is 10.4. The molecule has 0 nitrogen and oxygen atoms in total. The molecule has 0 aliphatic carbocycles. The Labute approximate surface area is 67.3 Å². The second kappa shape index (κ2) is 4.85. The molecule has 0 aromatic rings. The fourth-order valence-electron chi connectivity index (χ4n) is 0.416. The Kier molecular flexibility index (Phi) is 4.88. The zero-order valence-electron chi connectivity index (χ0n) is 6.12. The minimum Gasteiger partial charge on any atom is -0.202 e. The number of hydrogen-bond donors (Lipinski definition) is 0. The molecular weight excluding hydrogens is 180 g/mol. The Hall–Kier alpha value is 0.0700. The van der Waals surface area contributed by atoms with E-state index in [2.05, 4.69) is 0 Å². The van der Waals surface area contributed by atoms with E-state index in [4.69, 9.17) is 0 Å². The van der Waals surface area contributed by atoms with Crippen LogP contribution >= 0.6 is 11.8 Å². The smallest absolute Gasteiger partial charge is 0.202 e. The Morgan fingerprint density at radius 3 is 2.27 bits per heavy atom. The standard InChI is InChI=1S/C6H10F4S/c1-2-3-4-11-6(9,10)5(7)8/h5H,2-4H2,1H3. The van der Waals surface area contributed by atoms with Crippen molar-refractivity contribution in [3.8, 4) is 0 Å². The number of hydrogen-bond acceptors (Lipinski definition) is 1. The molecule has 11 heavy (non-hydrogen) atoms. The van der Waals surface area contributed by atoms with Gasteiger partial charge in [0.1, 0.15) is 0 Å². The molecule has 0 aliphatic heterocycles. The van der Waals surface area contributed by atoms with E-state index in [1.165, 1.54) is 0 Å². The van der Waals surface area contributed by atoms with Gasteiger partial charge in [-0.25, -0.2) is 8.78 Å². The summed E-state index contributed by atoms with van der Waals surface area (Å²) in [7, 11) is 0. The molecule has 0 aromatic heterocycles. The van der Waals surface area contributed by atoms with E-state index in [0.29, 0.717) is 6.42 Å². The lowest BCUT2D eigenvalue weighted by Crippen LogP contribution is -2.22. The first-order valence-electron chi connectivity index (χ1n) is 3.30. The molecule has 0 saturated carbocycles. The van der Waals surface area contributed by atoms with Gasteiger partial charge in [0.25, 0.3) is 0 Å². The van der Waals surface area contributed by atoms with Crippen molar-refractivity contribution in [1.82, 2.24) is 0 Å². The summed E-state index contributed by atoms with van der Waals surface area (Å²) in [6.07, 6.45) is -2.26. The third-order valence-electron chi connectivity index (χ3n) is 1.05. The average Bonchev–Trinajstić information content (AvgIpc) is 1.88.